The van der Waals surface area contributed by atoms with Crippen molar-refractivity contribution in [3.63, 3.8) is 0 Å². The van der Waals surface area contributed by atoms with Crippen molar-refractivity contribution >= 4 is 17.3 Å². The average molecular weight is 487 g/mol. The fraction of sp³-hybridized carbons (Fsp3) is 0.583. The molecule has 0 bridgehead atoms. The van der Waals surface area contributed by atoms with Gasteiger partial charge in [0.15, 0.2) is 0 Å². The van der Waals surface area contributed by atoms with Crippen LogP contribution in [0.3, 0.4) is 0 Å². The molecule has 0 saturated carbocycles. The lowest BCUT2D eigenvalue weighted by atomic mass is 9.94. The third-order valence-corrected chi connectivity index (χ3v) is 6.68. The molecule has 0 unspecified atom stereocenters. The van der Waals surface area contributed by atoms with E-state index in [9.17, 15) is 26.3 Å². The van der Waals surface area contributed by atoms with E-state index in [0.29, 0.717) is 24.1 Å². The van der Waals surface area contributed by atoms with Gasteiger partial charge in [-0.2, -0.15) is 26.3 Å². The molecule has 0 aliphatic carbocycles. The lowest BCUT2D eigenvalue weighted by Crippen LogP contribution is -2.35. The maximum atomic E-state index is 13.9. The lowest BCUT2D eigenvalue weighted by Gasteiger charge is -2.34. The first-order valence-electron chi connectivity index (χ1n) is 11.7. The number of aryl methyl sites for hydroxylation is 1. The third kappa shape index (κ3) is 4.43. The summed E-state index contributed by atoms with van der Waals surface area (Å²) in [6.07, 6.45) is -5.26. The molecule has 10 heteroatoms. The Balaban J connectivity index is 1.84. The minimum absolute atomic E-state index is 0.0850. The summed E-state index contributed by atoms with van der Waals surface area (Å²) >= 11 is 0. The van der Waals surface area contributed by atoms with Gasteiger partial charge < -0.3 is 9.80 Å². The SMILES string of the molecule is CCCC(CCC)N1C[C@@H]2CCN(c3ccc(C(F)(F)F)cc3C(F)(F)F)c3nc(C)nc1c32. The first-order chi connectivity index (χ1) is 16.0. The van der Waals surface area contributed by atoms with E-state index in [1.54, 1.807) is 6.92 Å². The lowest BCUT2D eigenvalue weighted by molar-refractivity contribution is -0.142. The van der Waals surface area contributed by atoms with Crippen molar-refractivity contribution in [2.24, 2.45) is 0 Å². The molecule has 34 heavy (non-hydrogen) atoms. The number of aromatic nitrogens is 2. The van der Waals surface area contributed by atoms with E-state index >= 15 is 0 Å². The zero-order chi connectivity index (χ0) is 24.8. The minimum Gasteiger partial charge on any atom is -0.353 e. The van der Waals surface area contributed by atoms with Crippen LogP contribution in [0.15, 0.2) is 18.2 Å². The maximum absolute atomic E-state index is 13.9. The van der Waals surface area contributed by atoms with Gasteiger partial charge in [0.25, 0.3) is 0 Å². The Morgan fingerprint density at radius 3 is 2.21 bits per heavy atom. The predicted octanol–water partition coefficient (Wildman–Crippen LogP) is 7.24. The number of anilines is 3. The van der Waals surface area contributed by atoms with Crippen LogP contribution < -0.4 is 9.80 Å². The van der Waals surface area contributed by atoms with Crippen LogP contribution in [-0.2, 0) is 12.4 Å². The zero-order valence-electron chi connectivity index (χ0n) is 19.4. The fourth-order valence-corrected chi connectivity index (χ4v) is 5.24. The van der Waals surface area contributed by atoms with Crippen molar-refractivity contribution in [1.82, 2.24) is 9.97 Å². The molecule has 2 aromatic rings. The number of nitrogens with zero attached hydrogens (tertiary/aromatic N) is 4. The topological polar surface area (TPSA) is 32.3 Å². The summed E-state index contributed by atoms with van der Waals surface area (Å²) in [5.74, 6) is 1.64. The summed E-state index contributed by atoms with van der Waals surface area (Å²) in [6, 6.07) is 2.10. The second kappa shape index (κ2) is 8.92. The standard InChI is InChI=1S/C24H28F6N4/c1-4-6-17(7-5-2)34-13-15-10-11-33(21-20(15)22(34)32-14(3)31-21)19-9-8-16(23(25,26)27)12-18(19)24(28,29)30/h8-9,12,15,17H,4-7,10-11,13H2,1-3H3/t15-/m0/s1. The largest absolute Gasteiger partial charge is 0.418 e. The van der Waals surface area contributed by atoms with Crippen LogP contribution in [0.25, 0.3) is 0 Å². The highest BCUT2D eigenvalue weighted by molar-refractivity contribution is 5.75. The molecule has 4 rings (SSSR count). The van der Waals surface area contributed by atoms with Crippen LogP contribution in [0.5, 0.6) is 0 Å². The molecule has 0 N–H and O–H groups in total. The predicted molar refractivity (Wildman–Crippen MR) is 119 cm³/mol. The van der Waals surface area contributed by atoms with Crippen molar-refractivity contribution in [1.29, 1.82) is 0 Å². The summed E-state index contributed by atoms with van der Waals surface area (Å²) in [7, 11) is 0. The molecule has 4 nitrogen and oxygen atoms in total. The fourth-order valence-electron chi connectivity index (χ4n) is 5.24. The first kappa shape index (κ1) is 24.6. The van der Waals surface area contributed by atoms with E-state index in [1.165, 1.54) is 4.90 Å². The normalized spacial score (nSPS) is 18.1. The molecule has 1 aromatic carbocycles. The molecule has 1 aromatic heterocycles. The van der Waals surface area contributed by atoms with Gasteiger partial charge in [0.2, 0.25) is 0 Å². The van der Waals surface area contributed by atoms with Crippen LogP contribution in [0.1, 0.15) is 74.4 Å². The van der Waals surface area contributed by atoms with Crippen molar-refractivity contribution < 1.29 is 26.3 Å². The van der Waals surface area contributed by atoms with Gasteiger partial charge in [0, 0.05) is 30.6 Å². The smallest absolute Gasteiger partial charge is 0.353 e. The monoisotopic (exact) mass is 486 g/mol. The number of alkyl halides is 6. The summed E-state index contributed by atoms with van der Waals surface area (Å²) in [5, 5.41) is 0. The highest BCUT2D eigenvalue weighted by atomic mass is 19.4. The van der Waals surface area contributed by atoms with Gasteiger partial charge in [-0.1, -0.05) is 26.7 Å². The van der Waals surface area contributed by atoms with Crippen molar-refractivity contribution in [3.8, 4) is 0 Å². The van der Waals surface area contributed by atoms with Gasteiger partial charge in [0.1, 0.15) is 17.5 Å². The number of hydrogen-bond acceptors (Lipinski definition) is 4. The Morgan fingerprint density at radius 2 is 1.62 bits per heavy atom. The molecule has 186 valence electrons. The van der Waals surface area contributed by atoms with E-state index in [1.807, 2.05) is 0 Å². The second-order valence-electron chi connectivity index (χ2n) is 9.08. The highest BCUT2D eigenvalue weighted by Gasteiger charge is 2.44. The summed E-state index contributed by atoms with van der Waals surface area (Å²) < 4.78 is 81.2. The number of halogens is 6. The summed E-state index contributed by atoms with van der Waals surface area (Å²) in [4.78, 5) is 12.9. The molecule has 1 atom stereocenters. The minimum atomic E-state index is -4.95. The van der Waals surface area contributed by atoms with Crippen LogP contribution in [0.2, 0.25) is 0 Å². The molecule has 2 aliphatic heterocycles. The van der Waals surface area contributed by atoms with Crippen LogP contribution in [-0.4, -0.2) is 29.1 Å². The maximum Gasteiger partial charge on any atom is 0.418 e. The van der Waals surface area contributed by atoms with E-state index in [4.69, 9.17) is 0 Å². The number of rotatable bonds is 6. The van der Waals surface area contributed by atoms with Gasteiger partial charge >= 0.3 is 12.4 Å². The Bertz CT molecular complexity index is 1040. The highest BCUT2D eigenvalue weighted by Crippen LogP contribution is 2.50. The van der Waals surface area contributed by atoms with Crippen molar-refractivity contribution in [3.05, 3.63) is 40.7 Å². The van der Waals surface area contributed by atoms with Gasteiger partial charge in [-0.15, -0.1) is 0 Å². The first-order valence-corrected chi connectivity index (χ1v) is 11.7. The van der Waals surface area contributed by atoms with E-state index in [-0.39, 0.29) is 30.3 Å². The number of hydrogen-bond donors (Lipinski definition) is 0. The van der Waals surface area contributed by atoms with Gasteiger partial charge in [-0.25, -0.2) is 9.97 Å². The van der Waals surface area contributed by atoms with Crippen molar-refractivity contribution in [2.75, 3.05) is 22.9 Å². The quantitative estimate of drug-likeness (QED) is 0.403. The van der Waals surface area contributed by atoms with E-state index < -0.39 is 23.5 Å². The molecule has 0 radical (unpaired) electrons. The molecule has 0 fully saturated rings. The van der Waals surface area contributed by atoms with Crippen LogP contribution >= 0.6 is 0 Å². The molecule has 0 saturated heterocycles. The average Bonchev–Trinajstić information content (AvgIpc) is 3.11. The second-order valence-corrected chi connectivity index (χ2v) is 9.08. The van der Waals surface area contributed by atoms with Crippen LogP contribution in [0.4, 0.5) is 43.7 Å². The molecule has 0 amide bonds. The third-order valence-electron chi connectivity index (χ3n) is 6.68. The Labute approximate surface area is 195 Å². The van der Waals surface area contributed by atoms with E-state index in [0.717, 1.165) is 49.7 Å². The van der Waals surface area contributed by atoms with Gasteiger partial charge in [-0.3, -0.25) is 0 Å². The summed E-state index contributed by atoms with van der Waals surface area (Å²) in [6.45, 7) is 6.91. The van der Waals surface area contributed by atoms with Gasteiger partial charge in [-0.05, 0) is 44.4 Å². The van der Waals surface area contributed by atoms with Crippen LogP contribution in [0, 0.1) is 6.92 Å². The van der Waals surface area contributed by atoms with Gasteiger partial charge in [0.05, 0.1) is 16.8 Å². The zero-order valence-corrected chi connectivity index (χ0v) is 19.4. The summed E-state index contributed by atoms with van der Waals surface area (Å²) in [5.41, 5.74) is -2.13. The molecular weight excluding hydrogens is 458 g/mol. The molecule has 2 aliphatic rings. The molecule has 3 heterocycles. The van der Waals surface area contributed by atoms with Crippen molar-refractivity contribution in [2.45, 2.75) is 77.2 Å². The Morgan fingerprint density at radius 1 is 0.971 bits per heavy atom. The van der Waals surface area contributed by atoms with E-state index in [2.05, 4.69) is 28.7 Å². The Kier molecular flexibility index (Phi) is 6.46. The molecular formula is C24H28F6N4. The Hall–Kier alpha value is -2.52. The molecule has 0 spiro atoms. The number of benzene rings is 1.